The van der Waals surface area contributed by atoms with Crippen molar-refractivity contribution in [3.8, 4) is 0 Å². The van der Waals surface area contributed by atoms with Gasteiger partial charge in [-0.2, -0.15) is 0 Å². The standard InChI is InChI=1S/C25H20ClFN2O2S/c1-15-20(12-16-5-8-18(9-6-16)32(2)31)19-10-7-17(27)13-22(19)21(15)14-24(30)29-23-4-3-11-28-25(23)26/h3-13H,14H2,1-2H3,(H,29,30). The number of hydrogen-bond acceptors (Lipinski definition) is 3. The predicted molar refractivity (Wildman–Crippen MR) is 128 cm³/mol. The van der Waals surface area contributed by atoms with Crippen LogP contribution in [0.1, 0.15) is 30.0 Å². The summed E-state index contributed by atoms with van der Waals surface area (Å²) in [6, 6.07) is 15.4. The van der Waals surface area contributed by atoms with Crippen molar-refractivity contribution < 1.29 is 13.4 Å². The Bertz CT molecular complexity index is 1300. The second kappa shape index (κ2) is 9.18. The molecule has 3 aromatic rings. The van der Waals surface area contributed by atoms with Crippen molar-refractivity contribution in [1.82, 2.24) is 4.98 Å². The number of anilines is 1. The monoisotopic (exact) mass is 466 g/mol. The van der Waals surface area contributed by atoms with Gasteiger partial charge in [-0.15, -0.1) is 0 Å². The van der Waals surface area contributed by atoms with Gasteiger partial charge in [0.1, 0.15) is 5.82 Å². The number of fused-ring (bicyclic) bond motifs is 1. The molecule has 4 rings (SSSR count). The minimum atomic E-state index is -1.05. The summed E-state index contributed by atoms with van der Waals surface area (Å²) in [7, 11) is -1.05. The van der Waals surface area contributed by atoms with Crippen LogP contribution in [0.15, 0.2) is 71.3 Å². The molecule has 32 heavy (non-hydrogen) atoms. The zero-order chi connectivity index (χ0) is 22.8. The van der Waals surface area contributed by atoms with Crippen molar-refractivity contribution in [2.24, 2.45) is 0 Å². The van der Waals surface area contributed by atoms with Crippen LogP contribution in [0.25, 0.3) is 17.2 Å². The molecule has 1 aliphatic carbocycles. The van der Waals surface area contributed by atoms with Gasteiger partial charge in [0.25, 0.3) is 0 Å². The Morgan fingerprint density at radius 3 is 2.59 bits per heavy atom. The molecule has 1 unspecified atom stereocenters. The maximum Gasteiger partial charge on any atom is 0.228 e. The summed E-state index contributed by atoms with van der Waals surface area (Å²) in [6.07, 6.45) is 5.25. The minimum Gasteiger partial charge on any atom is -0.323 e. The molecule has 7 heteroatoms. The number of benzene rings is 2. The molecule has 2 aromatic carbocycles. The van der Waals surface area contributed by atoms with Crippen molar-refractivity contribution >= 4 is 51.2 Å². The predicted octanol–water partition coefficient (Wildman–Crippen LogP) is 5.97. The number of pyridine rings is 1. The second-order valence-corrected chi connectivity index (χ2v) is 9.18. The van der Waals surface area contributed by atoms with E-state index in [4.69, 9.17) is 11.6 Å². The van der Waals surface area contributed by atoms with Crippen LogP contribution in [0, 0.1) is 5.82 Å². The molecule has 0 saturated heterocycles. The summed E-state index contributed by atoms with van der Waals surface area (Å²) < 4.78 is 25.7. The van der Waals surface area contributed by atoms with Crippen molar-refractivity contribution in [1.29, 1.82) is 0 Å². The van der Waals surface area contributed by atoms with Crippen molar-refractivity contribution in [3.63, 3.8) is 0 Å². The topological polar surface area (TPSA) is 59.1 Å². The van der Waals surface area contributed by atoms with Crippen LogP contribution >= 0.6 is 11.6 Å². The second-order valence-electron chi connectivity index (χ2n) is 7.44. The molecule has 1 N–H and O–H groups in total. The molecule has 0 bridgehead atoms. The van der Waals surface area contributed by atoms with E-state index in [2.05, 4.69) is 10.3 Å². The average molecular weight is 467 g/mol. The van der Waals surface area contributed by atoms with E-state index in [1.807, 2.05) is 37.3 Å². The Kier molecular flexibility index (Phi) is 6.35. The van der Waals surface area contributed by atoms with E-state index < -0.39 is 10.8 Å². The number of hydrogen-bond donors (Lipinski definition) is 1. The van der Waals surface area contributed by atoms with Gasteiger partial charge in [0.05, 0.1) is 12.1 Å². The van der Waals surface area contributed by atoms with E-state index in [0.717, 1.165) is 32.7 Å². The van der Waals surface area contributed by atoms with Gasteiger partial charge in [0.2, 0.25) is 5.91 Å². The molecule has 0 spiro atoms. The highest BCUT2D eigenvalue weighted by Gasteiger charge is 2.26. The fraction of sp³-hybridized carbons (Fsp3) is 0.120. The number of amides is 1. The Balaban J connectivity index is 1.69. The van der Waals surface area contributed by atoms with E-state index in [1.165, 1.54) is 12.1 Å². The number of rotatable bonds is 5. The SMILES string of the molecule is CC1=C(CC(=O)Nc2cccnc2Cl)c2cc(F)ccc2C1=Cc1ccc(S(C)=O)cc1. The van der Waals surface area contributed by atoms with Gasteiger partial charge in [-0.25, -0.2) is 9.37 Å². The Morgan fingerprint density at radius 2 is 1.91 bits per heavy atom. The first kappa shape index (κ1) is 22.1. The van der Waals surface area contributed by atoms with Crippen LogP contribution in [0.3, 0.4) is 0 Å². The molecule has 1 aromatic heterocycles. The molecule has 0 radical (unpaired) electrons. The number of aromatic nitrogens is 1. The fourth-order valence-corrected chi connectivity index (χ4v) is 4.42. The van der Waals surface area contributed by atoms with Crippen molar-refractivity contribution in [2.75, 3.05) is 11.6 Å². The summed E-state index contributed by atoms with van der Waals surface area (Å²) in [4.78, 5) is 17.5. The first-order valence-electron chi connectivity index (χ1n) is 9.89. The number of carbonyl (C=O) groups excluding carboxylic acids is 1. The maximum atomic E-state index is 14.1. The largest absolute Gasteiger partial charge is 0.323 e. The highest BCUT2D eigenvalue weighted by Crippen LogP contribution is 2.44. The van der Waals surface area contributed by atoms with Gasteiger partial charge in [-0.1, -0.05) is 29.8 Å². The van der Waals surface area contributed by atoms with Gasteiger partial charge in [-0.3, -0.25) is 9.00 Å². The molecule has 1 heterocycles. The van der Waals surface area contributed by atoms with Crippen LogP contribution in [0.5, 0.6) is 0 Å². The molecule has 0 aliphatic heterocycles. The summed E-state index contributed by atoms with van der Waals surface area (Å²) >= 11 is 6.04. The third kappa shape index (κ3) is 4.56. The lowest BCUT2D eigenvalue weighted by Crippen LogP contribution is -2.12. The number of halogens is 2. The lowest BCUT2D eigenvalue weighted by Gasteiger charge is -2.09. The lowest BCUT2D eigenvalue weighted by molar-refractivity contribution is -0.115. The third-order valence-electron chi connectivity index (χ3n) is 5.35. The van der Waals surface area contributed by atoms with E-state index in [1.54, 1.807) is 30.7 Å². The summed E-state index contributed by atoms with van der Waals surface area (Å²) in [6.45, 7) is 1.93. The number of nitrogens with zero attached hydrogens (tertiary/aromatic N) is 1. The van der Waals surface area contributed by atoms with Crippen LogP contribution in [0.2, 0.25) is 5.15 Å². The zero-order valence-electron chi connectivity index (χ0n) is 17.5. The highest BCUT2D eigenvalue weighted by molar-refractivity contribution is 7.84. The third-order valence-corrected chi connectivity index (χ3v) is 6.58. The molecule has 0 saturated carbocycles. The van der Waals surface area contributed by atoms with Crippen LogP contribution in [-0.2, 0) is 15.6 Å². The Labute approximate surface area is 193 Å². The molecule has 4 nitrogen and oxygen atoms in total. The fourth-order valence-electron chi connectivity index (χ4n) is 3.74. The molecular formula is C25H20ClFN2O2S. The summed E-state index contributed by atoms with van der Waals surface area (Å²) in [5.41, 5.74) is 5.51. The quantitative estimate of drug-likeness (QED) is 0.471. The zero-order valence-corrected chi connectivity index (χ0v) is 19.1. The number of nitrogens with one attached hydrogen (secondary N) is 1. The van der Waals surface area contributed by atoms with Gasteiger partial charge in [-0.05, 0) is 82.8 Å². The van der Waals surface area contributed by atoms with Gasteiger partial charge in [0.15, 0.2) is 5.15 Å². The van der Waals surface area contributed by atoms with Crippen LogP contribution in [0.4, 0.5) is 10.1 Å². The lowest BCUT2D eigenvalue weighted by atomic mass is 10.0. The molecular weight excluding hydrogens is 447 g/mol. The molecule has 1 atom stereocenters. The Hall–Kier alpha value is -3.09. The Morgan fingerprint density at radius 1 is 1.16 bits per heavy atom. The maximum absolute atomic E-state index is 14.1. The van der Waals surface area contributed by atoms with Crippen molar-refractivity contribution in [3.05, 3.63) is 94.0 Å². The first-order chi connectivity index (χ1) is 15.3. The molecule has 1 amide bonds. The van der Waals surface area contributed by atoms with E-state index in [0.29, 0.717) is 11.3 Å². The molecule has 162 valence electrons. The molecule has 1 aliphatic rings. The van der Waals surface area contributed by atoms with Crippen molar-refractivity contribution in [2.45, 2.75) is 18.2 Å². The number of carbonyl (C=O) groups is 1. The average Bonchev–Trinajstić information content (AvgIpc) is 3.01. The van der Waals surface area contributed by atoms with Crippen LogP contribution < -0.4 is 5.32 Å². The van der Waals surface area contributed by atoms with E-state index >= 15 is 0 Å². The first-order valence-corrected chi connectivity index (χ1v) is 11.8. The van der Waals surface area contributed by atoms with Gasteiger partial charge < -0.3 is 5.32 Å². The normalized spacial score (nSPS) is 15.1. The summed E-state index contributed by atoms with van der Waals surface area (Å²) in [5, 5.41) is 2.98. The van der Waals surface area contributed by atoms with Gasteiger partial charge >= 0.3 is 0 Å². The van der Waals surface area contributed by atoms with E-state index in [-0.39, 0.29) is 23.3 Å². The molecule has 0 fully saturated rings. The smallest absolute Gasteiger partial charge is 0.228 e. The van der Waals surface area contributed by atoms with E-state index in [9.17, 15) is 13.4 Å². The van der Waals surface area contributed by atoms with Crippen LogP contribution in [-0.4, -0.2) is 21.4 Å². The summed E-state index contributed by atoms with van der Waals surface area (Å²) in [5.74, 6) is -0.624. The highest BCUT2D eigenvalue weighted by atomic mass is 35.5. The minimum absolute atomic E-state index is 0.0681. The number of allylic oxidation sites excluding steroid dienone is 2. The van der Waals surface area contributed by atoms with Gasteiger partial charge in [0, 0.05) is 28.1 Å².